The van der Waals surface area contributed by atoms with Crippen molar-refractivity contribution in [2.75, 3.05) is 86.6 Å². The van der Waals surface area contributed by atoms with Crippen molar-refractivity contribution < 1.29 is 23.7 Å². The topological polar surface area (TPSA) is 144 Å². The fraction of sp³-hybridized carbons (Fsp3) is 0.270. The zero-order valence-electron chi connectivity index (χ0n) is 60.2. The minimum Gasteiger partial charge on any atom is -0.456 e. The molecule has 0 spiro atoms. The smallest absolute Gasteiger partial charge is 0.146 e. The summed E-state index contributed by atoms with van der Waals surface area (Å²) < 4.78 is 29.0. The van der Waals surface area contributed by atoms with Crippen molar-refractivity contribution in [3.8, 4) is 57.5 Å². The molecule has 0 saturated carbocycles. The molecule has 5 aliphatic heterocycles. The highest BCUT2D eigenvalue weighted by molar-refractivity contribution is 5.55. The average molecular weight is 1390 g/mol. The van der Waals surface area contributed by atoms with Gasteiger partial charge in [-0.25, -0.2) is 0 Å². The fourth-order valence-corrected chi connectivity index (χ4v) is 12.2. The number of hydrogen-bond donors (Lipinski definition) is 2. The maximum absolute atomic E-state index is 5.82. The van der Waals surface area contributed by atoms with E-state index in [1.165, 1.54) is 58.2 Å². The lowest BCUT2D eigenvalue weighted by molar-refractivity contribution is 0.170. The van der Waals surface area contributed by atoms with E-state index in [0.29, 0.717) is 29.6 Å². The summed E-state index contributed by atoms with van der Waals surface area (Å²) in [6.07, 6.45) is 47.6. The second kappa shape index (κ2) is 41.5. The summed E-state index contributed by atoms with van der Waals surface area (Å²) in [6.45, 7) is 11.4. The molecule has 534 valence electrons. The van der Waals surface area contributed by atoms with Gasteiger partial charge in [0.25, 0.3) is 0 Å². The monoisotopic (exact) mass is 1390 g/mol. The SMILES string of the molecule is C(=CC1CCNCC1)c1cncc(Oc2ccccc2)c1.C(=CC1CNC1)c1cncc(Oc2ccccc2)c1.CN1CC(C=Cc2cncc(Oc3ccccc3)c2)C1.CN1CCC(C=Cc2cncc(Oc3ccccc3)c2)CC1.CN1CCC[C@@H](C=Cc2cncc(Oc3ccccc3)c2)C1. The number of nitrogens with one attached hydrogen (secondary N) is 2. The van der Waals surface area contributed by atoms with Gasteiger partial charge in [0, 0.05) is 75.5 Å². The van der Waals surface area contributed by atoms with Crippen molar-refractivity contribution in [2.24, 2.45) is 29.6 Å². The Morgan fingerprint density at radius 2 is 0.587 bits per heavy atom. The van der Waals surface area contributed by atoms with Gasteiger partial charge in [-0.1, -0.05) is 152 Å². The number of para-hydroxylation sites is 5. The fourth-order valence-electron chi connectivity index (χ4n) is 12.2. The van der Waals surface area contributed by atoms with Gasteiger partial charge < -0.3 is 49.0 Å². The summed E-state index contributed by atoms with van der Waals surface area (Å²) in [5.41, 5.74) is 5.41. The molecule has 5 fully saturated rings. The van der Waals surface area contributed by atoms with Crippen LogP contribution in [0.1, 0.15) is 66.3 Å². The Bertz CT molecular complexity index is 4260. The molecule has 15 heteroatoms. The standard InChI is InChI=1S/2C19H22N2O.C18H20N2O.C17H18N2O.C16H16N2O/c1-21-11-5-6-16(15-21)9-10-17-12-19(14-20-13-17)22-18-7-3-2-4-8-18;1-21-11-9-16(10-12-21)7-8-17-13-19(15-20-14-17)22-18-5-3-2-4-6-18;1-2-4-17(5-3-1)21-18-12-16(13-20-14-18)7-6-15-8-10-19-11-9-15;1-19-12-15(13-19)8-7-14-9-17(11-18-10-14)20-16-5-3-2-4-6-16;1-2-4-15(5-3-1)19-16-8-13(9-18-12-16)6-7-14-10-17-11-14/h2-4,7-10,12-14,16H,5-6,11,15H2,1H3;2-8,13-16H,9-12H2,1H3;1-7,12-15,19H,8-11H2;2-11,15H,12-13H2,1H3;1-9,12,14,17H,10-11H2/t16-;;;;/m0..../s1. The Morgan fingerprint density at radius 3 is 0.894 bits per heavy atom. The molecule has 15 nitrogen and oxygen atoms in total. The summed E-state index contributed by atoms with van der Waals surface area (Å²) in [5, 5.41) is 6.63. The van der Waals surface area contributed by atoms with E-state index in [-0.39, 0.29) is 0 Å². The van der Waals surface area contributed by atoms with Crippen LogP contribution in [0.4, 0.5) is 0 Å². The predicted octanol–water partition coefficient (Wildman–Crippen LogP) is 18.9. The third-order valence-electron chi connectivity index (χ3n) is 18.1. The number of ether oxygens (including phenoxy) is 5. The molecule has 104 heavy (non-hydrogen) atoms. The van der Waals surface area contributed by atoms with Gasteiger partial charge in [0.2, 0.25) is 0 Å². The molecular formula is C89H98N10O5. The molecule has 0 radical (unpaired) electrons. The number of rotatable bonds is 20. The first-order chi connectivity index (χ1) is 51.2. The zero-order valence-corrected chi connectivity index (χ0v) is 60.2. The number of piperidine rings is 3. The highest BCUT2D eigenvalue weighted by Crippen LogP contribution is 2.29. The molecule has 5 aromatic carbocycles. The molecule has 15 rings (SSSR count). The van der Waals surface area contributed by atoms with E-state index in [1.54, 1.807) is 31.0 Å². The van der Waals surface area contributed by atoms with Gasteiger partial charge in [0.15, 0.2) is 0 Å². The van der Waals surface area contributed by atoms with Gasteiger partial charge in [0.1, 0.15) is 57.5 Å². The second-order valence-corrected chi connectivity index (χ2v) is 26.9. The van der Waals surface area contributed by atoms with Crippen LogP contribution >= 0.6 is 0 Å². The molecule has 10 heterocycles. The molecule has 5 aromatic heterocycles. The first-order valence-corrected chi connectivity index (χ1v) is 36.5. The van der Waals surface area contributed by atoms with Crippen molar-refractivity contribution in [3.63, 3.8) is 0 Å². The first-order valence-electron chi connectivity index (χ1n) is 36.5. The van der Waals surface area contributed by atoms with Crippen LogP contribution in [-0.2, 0) is 0 Å². The lowest BCUT2D eigenvalue weighted by Crippen LogP contribution is -2.42. The van der Waals surface area contributed by atoms with Gasteiger partial charge in [0.05, 0.1) is 31.0 Å². The van der Waals surface area contributed by atoms with Crippen molar-refractivity contribution in [1.29, 1.82) is 0 Å². The van der Waals surface area contributed by atoms with Gasteiger partial charge in [-0.3, -0.25) is 24.9 Å². The van der Waals surface area contributed by atoms with Crippen LogP contribution in [0, 0.1) is 29.6 Å². The van der Waals surface area contributed by atoms with Crippen LogP contribution in [0.2, 0.25) is 0 Å². The van der Waals surface area contributed by atoms with Crippen LogP contribution in [-0.4, -0.2) is 126 Å². The second-order valence-electron chi connectivity index (χ2n) is 26.9. The van der Waals surface area contributed by atoms with E-state index < -0.39 is 0 Å². The van der Waals surface area contributed by atoms with E-state index in [0.717, 1.165) is 131 Å². The number of benzene rings is 5. The Kier molecular flexibility index (Phi) is 29.7. The average Bonchev–Trinajstić information content (AvgIpc) is 0.914. The van der Waals surface area contributed by atoms with Gasteiger partial charge in [-0.05, 0) is 229 Å². The van der Waals surface area contributed by atoms with Crippen molar-refractivity contribution in [3.05, 3.63) is 302 Å². The number of allylic oxidation sites excluding steroid dienone is 2. The van der Waals surface area contributed by atoms with E-state index in [2.05, 4.69) is 132 Å². The van der Waals surface area contributed by atoms with Crippen LogP contribution < -0.4 is 34.3 Å². The van der Waals surface area contributed by atoms with Crippen LogP contribution in [0.5, 0.6) is 57.5 Å². The van der Waals surface area contributed by atoms with E-state index >= 15 is 0 Å². The van der Waals surface area contributed by atoms with Crippen LogP contribution in [0.15, 0.2) is 274 Å². The Morgan fingerprint density at radius 1 is 0.288 bits per heavy atom. The summed E-state index contributed by atoms with van der Waals surface area (Å²) in [6, 6.07) is 59.0. The third-order valence-corrected chi connectivity index (χ3v) is 18.1. The lowest BCUT2D eigenvalue weighted by atomic mass is 9.96. The molecule has 0 bridgehead atoms. The first kappa shape index (κ1) is 74.5. The highest BCUT2D eigenvalue weighted by atomic mass is 16.5. The maximum atomic E-state index is 5.82. The molecule has 1 atom stereocenters. The summed E-state index contributed by atoms with van der Waals surface area (Å²) in [4.78, 5) is 28.3. The minimum absolute atomic E-state index is 0.637. The van der Waals surface area contributed by atoms with Crippen molar-refractivity contribution in [2.45, 2.75) is 38.5 Å². The van der Waals surface area contributed by atoms with E-state index in [4.69, 9.17) is 23.7 Å². The Hall–Kier alpha value is -10.7. The lowest BCUT2D eigenvalue weighted by Gasteiger charge is -2.34. The van der Waals surface area contributed by atoms with Crippen molar-refractivity contribution >= 4 is 30.4 Å². The van der Waals surface area contributed by atoms with E-state index in [1.807, 2.05) is 213 Å². The van der Waals surface area contributed by atoms with E-state index in [9.17, 15) is 0 Å². The minimum atomic E-state index is 0.637. The quantitative estimate of drug-likeness (QED) is 0.0746. The Labute approximate surface area is 615 Å². The zero-order chi connectivity index (χ0) is 71.4. The van der Waals surface area contributed by atoms with Crippen LogP contribution in [0.3, 0.4) is 0 Å². The number of aromatic nitrogens is 5. The molecule has 0 unspecified atom stereocenters. The number of likely N-dealkylation sites (tertiary alicyclic amines) is 3. The largest absolute Gasteiger partial charge is 0.456 e. The maximum Gasteiger partial charge on any atom is 0.146 e. The van der Waals surface area contributed by atoms with Gasteiger partial charge in [-0.2, -0.15) is 0 Å². The number of hydrogen-bond acceptors (Lipinski definition) is 15. The molecule has 2 N–H and O–H groups in total. The molecule has 5 aliphatic rings. The molecular weight excluding hydrogens is 1290 g/mol. The molecule has 10 aromatic rings. The summed E-state index contributed by atoms with van der Waals surface area (Å²) in [5.74, 6) is 11.3. The molecule has 0 amide bonds. The number of nitrogens with zero attached hydrogens (tertiary/aromatic N) is 8. The highest BCUT2D eigenvalue weighted by Gasteiger charge is 2.20. The molecule has 5 saturated heterocycles. The van der Waals surface area contributed by atoms with Crippen LogP contribution in [0.25, 0.3) is 30.4 Å². The third kappa shape index (κ3) is 26.9. The number of pyridine rings is 5. The van der Waals surface area contributed by atoms with Crippen molar-refractivity contribution in [1.82, 2.24) is 50.3 Å². The Balaban J connectivity index is 0.000000130. The normalized spacial score (nSPS) is 16.9. The van der Waals surface area contributed by atoms with Gasteiger partial charge >= 0.3 is 0 Å². The summed E-state index contributed by atoms with van der Waals surface area (Å²) >= 11 is 0. The summed E-state index contributed by atoms with van der Waals surface area (Å²) in [7, 11) is 6.52. The van der Waals surface area contributed by atoms with Gasteiger partial charge in [-0.15, -0.1) is 0 Å². The molecule has 0 aliphatic carbocycles. The predicted molar refractivity (Wildman–Crippen MR) is 422 cm³/mol.